The summed E-state index contributed by atoms with van der Waals surface area (Å²) in [5.41, 5.74) is 1.64. The highest BCUT2D eigenvalue weighted by molar-refractivity contribution is 7.92. The van der Waals surface area contributed by atoms with Crippen LogP contribution in [-0.4, -0.2) is 50.4 Å². The van der Waals surface area contributed by atoms with Crippen molar-refractivity contribution in [2.75, 3.05) is 17.5 Å². The molecule has 0 spiro atoms. The van der Waals surface area contributed by atoms with E-state index < -0.39 is 28.5 Å². The number of nitrogens with one attached hydrogen (secondary N) is 1. The van der Waals surface area contributed by atoms with Crippen LogP contribution in [0.2, 0.25) is 10.0 Å². The van der Waals surface area contributed by atoms with E-state index in [9.17, 15) is 18.0 Å². The third-order valence-corrected chi connectivity index (χ3v) is 10.1. The number of hydrogen-bond acceptors (Lipinski definition) is 5. The Morgan fingerprint density at radius 2 is 1.58 bits per heavy atom. The molecule has 1 saturated carbocycles. The molecule has 11 heteroatoms. The standard InChI is InChI=1S/C32H37Cl2N3O5S/c1-4-42-26-16-14-25(15-17-26)37(43(40,41)27-18-12-22(2)13-19-27)21-31(38)36(20-28-29(33)10-7-11-30(28)34)23(3)32(39)35-24-8-5-6-9-24/h7,10-19,23-24H,4-6,8-9,20-21H2,1-3H3,(H,35,39). The second kappa shape index (κ2) is 14.5. The topological polar surface area (TPSA) is 96.0 Å². The number of sulfonamides is 1. The van der Waals surface area contributed by atoms with Crippen LogP contribution in [0.4, 0.5) is 5.69 Å². The van der Waals surface area contributed by atoms with E-state index >= 15 is 0 Å². The number of anilines is 1. The molecule has 0 aromatic heterocycles. The Morgan fingerprint density at radius 1 is 0.977 bits per heavy atom. The molecular weight excluding hydrogens is 609 g/mol. The zero-order valence-electron chi connectivity index (χ0n) is 24.6. The van der Waals surface area contributed by atoms with Crippen LogP contribution in [0.15, 0.2) is 71.6 Å². The Kier molecular flexibility index (Phi) is 11.0. The number of ether oxygens (including phenoxy) is 1. The normalized spacial score (nSPS) is 14.3. The van der Waals surface area contributed by atoms with Gasteiger partial charge in [0.1, 0.15) is 18.3 Å². The van der Waals surface area contributed by atoms with Gasteiger partial charge in [0, 0.05) is 28.2 Å². The summed E-state index contributed by atoms with van der Waals surface area (Å²) >= 11 is 12.9. The molecule has 3 aromatic rings. The first-order valence-electron chi connectivity index (χ1n) is 14.4. The average Bonchev–Trinajstić information content (AvgIpc) is 3.49. The Bertz CT molecular complexity index is 1510. The summed E-state index contributed by atoms with van der Waals surface area (Å²) in [6, 6.07) is 17.0. The fourth-order valence-electron chi connectivity index (χ4n) is 5.07. The van der Waals surface area contributed by atoms with E-state index in [1.165, 1.54) is 17.0 Å². The maximum atomic E-state index is 14.2. The number of amides is 2. The highest BCUT2D eigenvalue weighted by atomic mass is 35.5. The second-order valence-electron chi connectivity index (χ2n) is 10.6. The Balaban J connectivity index is 1.72. The van der Waals surface area contributed by atoms with Crippen LogP contribution in [0, 0.1) is 6.92 Å². The molecular formula is C32H37Cl2N3O5S. The van der Waals surface area contributed by atoms with Gasteiger partial charge in [0.25, 0.3) is 10.0 Å². The molecule has 1 fully saturated rings. The van der Waals surface area contributed by atoms with Crippen molar-refractivity contribution in [3.05, 3.63) is 87.9 Å². The zero-order chi connectivity index (χ0) is 31.1. The van der Waals surface area contributed by atoms with Crippen LogP contribution in [0.25, 0.3) is 0 Å². The van der Waals surface area contributed by atoms with Crippen LogP contribution in [0.3, 0.4) is 0 Å². The first kappa shape index (κ1) is 32.6. The predicted octanol–water partition coefficient (Wildman–Crippen LogP) is 6.37. The van der Waals surface area contributed by atoms with Gasteiger partial charge >= 0.3 is 0 Å². The van der Waals surface area contributed by atoms with Crippen LogP contribution >= 0.6 is 23.2 Å². The minimum absolute atomic E-state index is 0.0347. The van der Waals surface area contributed by atoms with Gasteiger partial charge in [-0.2, -0.15) is 0 Å². The number of carbonyl (C=O) groups is 2. The summed E-state index contributed by atoms with van der Waals surface area (Å²) in [7, 11) is -4.19. The molecule has 0 heterocycles. The number of rotatable bonds is 12. The lowest BCUT2D eigenvalue weighted by Gasteiger charge is -2.33. The van der Waals surface area contributed by atoms with Crippen LogP contribution in [0.5, 0.6) is 5.75 Å². The summed E-state index contributed by atoms with van der Waals surface area (Å²) in [5.74, 6) is -0.343. The molecule has 43 heavy (non-hydrogen) atoms. The highest BCUT2D eigenvalue weighted by Crippen LogP contribution is 2.29. The maximum Gasteiger partial charge on any atom is 0.264 e. The summed E-state index contributed by atoms with van der Waals surface area (Å²) in [6.45, 7) is 5.14. The van der Waals surface area contributed by atoms with Gasteiger partial charge in [0.15, 0.2) is 0 Å². The van der Waals surface area contributed by atoms with Crippen molar-refractivity contribution in [1.29, 1.82) is 0 Å². The minimum Gasteiger partial charge on any atom is -0.494 e. The summed E-state index contributed by atoms with van der Waals surface area (Å²) in [5, 5.41) is 3.72. The molecule has 1 atom stereocenters. The largest absolute Gasteiger partial charge is 0.494 e. The van der Waals surface area contributed by atoms with Gasteiger partial charge in [-0.1, -0.05) is 59.8 Å². The van der Waals surface area contributed by atoms with E-state index in [0.717, 1.165) is 35.6 Å². The molecule has 2 amide bonds. The van der Waals surface area contributed by atoms with Crippen molar-refractivity contribution in [3.63, 3.8) is 0 Å². The molecule has 8 nitrogen and oxygen atoms in total. The fraction of sp³-hybridized carbons (Fsp3) is 0.375. The lowest BCUT2D eigenvalue weighted by Crippen LogP contribution is -2.52. The van der Waals surface area contributed by atoms with Gasteiger partial charge in [-0.25, -0.2) is 8.42 Å². The second-order valence-corrected chi connectivity index (χ2v) is 13.3. The molecule has 0 aliphatic heterocycles. The maximum absolute atomic E-state index is 14.2. The number of nitrogens with zero attached hydrogens (tertiary/aromatic N) is 2. The van der Waals surface area contributed by atoms with Crippen molar-refractivity contribution in [2.24, 2.45) is 0 Å². The van der Waals surface area contributed by atoms with Gasteiger partial charge in [0.05, 0.1) is 17.2 Å². The average molecular weight is 647 g/mol. The smallest absolute Gasteiger partial charge is 0.264 e. The summed E-state index contributed by atoms with van der Waals surface area (Å²) < 4.78 is 34.6. The number of aryl methyl sites for hydroxylation is 1. The van der Waals surface area contributed by atoms with Gasteiger partial charge in [-0.15, -0.1) is 0 Å². The van der Waals surface area contributed by atoms with Crippen LogP contribution < -0.4 is 14.4 Å². The monoisotopic (exact) mass is 645 g/mol. The lowest BCUT2D eigenvalue weighted by molar-refractivity contribution is -0.139. The summed E-state index contributed by atoms with van der Waals surface area (Å²) in [4.78, 5) is 28.9. The third kappa shape index (κ3) is 8.02. The van der Waals surface area contributed by atoms with Crippen molar-refractivity contribution in [3.8, 4) is 5.75 Å². The predicted molar refractivity (Wildman–Crippen MR) is 170 cm³/mol. The first-order chi connectivity index (χ1) is 20.5. The molecule has 1 unspecified atom stereocenters. The lowest BCUT2D eigenvalue weighted by atomic mass is 10.1. The van der Waals surface area contributed by atoms with Crippen molar-refractivity contribution < 1.29 is 22.7 Å². The van der Waals surface area contributed by atoms with Crippen molar-refractivity contribution in [1.82, 2.24) is 10.2 Å². The van der Waals surface area contributed by atoms with Gasteiger partial charge in [-0.05, 0) is 82.1 Å². The summed E-state index contributed by atoms with van der Waals surface area (Å²) in [6.07, 6.45) is 3.82. The van der Waals surface area contributed by atoms with Gasteiger partial charge in [0.2, 0.25) is 11.8 Å². The number of halogens is 2. The molecule has 3 aromatic carbocycles. The fourth-order valence-corrected chi connectivity index (χ4v) is 7.00. The molecule has 0 radical (unpaired) electrons. The van der Waals surface area contributed by atoms with E-state index in [1.54, 1.807) is 61.5 Å². The number of hydrogen-bond donors (Lipinski definition) is 1. The Hall–Kier alpha value is -3.27. The van der Waals surface area contributed by atoms with E-state index in [2.05, 4.69) is 5.32 Å². The molecule has 1 aliphatic rings. The first-order valence-corrected chi connectivity index (χ1v) is 16.6. The molecule has 1 N–H and O–H groups in total. The molecule has 230 valence electrons. The Morgan fingerprint density at radius 3 is 2.16 bits per heavy atom. The van der Waals surface area contributed by atoms with Crippen LogP contribution in [-0.2, 0) is 26.2 Å². The van der Waals surface area contributed by atoms with E-state index in [-0.39, 0.29) is 29.1 Å². The van der Waals surface area contributed by atoms with E-state index in [1.807, 2.05) is 13.8 Å². The van der Waals surface area contributed by atoms with Crippen molar-refractivity contribution >= 4 is 50.7 Å². The zero-order valence-corrected chi connectivity index (χ0v) is 26.9. The molecule has 4 rings (SSSR count). The molecule has 1 aliphatic carbocycles. The van der Waals surface area contributed by atoms with Gasteiger partial charge < -0.3 is 15.0 Å². The number of benzene rings is 3. The van der Waals surface area contributed by atoms with E-state index in [4.69, 9.17) is 27.9 Å². The minimum atomic E-state index is -4.19. The van der Waals surface area contributed by atoms with E-state index in [0.29, 0.717) is 28.0 Å². The highest BCUT2D eigenvalue weighted by Gasteiger charge is 2.34. The van der Waals surface area contributed by atoms with Crippen molar-refractivity contribution in [2.45, 2.75) is 70.0 Å². The third-order valence-electron chi connectivity index (χ3n) is 7.58. The Labute approximate surface area is 264 Å². The quantitative estimate of drug-likeness (QED) is 0.247. The molecule has 0 bridgehead atoms. The van der Waals surface area contributed by atoms with Crippen LogP contribution in [0.1, 0.15) is 50.7 Å². The SMILES string of the molecule is CCOc1ccc(N(CC(=O)N(Cc2c(Cl)cccc2Cl)C(C)C(=O)NC2CCCC2)S(=O)(=O)c2ccc(C)cc2)cc1. The van der Waals surface area contributed by atoms with Gasteiger partial charge in [-0.3, -0.25) is 13.9 Å². The molecule has 0 saturated heterocycles. The number of carbonyl (C=O) groups excluding carboxylic acids is 2.